The van der Waals surface area contributed by atoms with Crippen LogP contribution < -0.4 is 5.32 Å². The molecule has 0 aliphatic rings. The van der Waals surface area contributed by atoms with Crippen LogP contribution in [0.25, 0.3) is 0 Å². The maximum Gasteiger partial charge on any atom is 0.251 e. The van der Waals surface area contributed by atoms with E-state index >= 15 is 0 Å². The molecular formula is C16H22NO2Y-. The van der Waals surface area contributed by atoms with Crippen molar-refractivity contribution in [2.45, 2.75) is 39.0 Å². The molecule has 4 heteroatoms. The van der Waals surface area contributed by atoms with Crippen molar-refractivity contribution in [2.24, 2.45) is 0 Å². The number of Topliss-reactive ketones (excluding diaryl/α,β-unsaturated/α-hetero) is 1. The molecule has 0 atom stereocenters. The van der Waals surface area contributed by atoms with Gasteiger partial charge in [0.2, 0.25) is 0 Å². The standard InChI is InChI=1S/C16H22NO2.Y/c1-3-4-5-6-7-12-17-16(19)15-10-8-14(9-11-15)13(2)18;/h8-11H,1,3-7,12H2,2H3,(H,17,19);/q-1;. The number of carbonyl (C=O) groups is 2. The van der Waals surface area contributed by atoms with Gasteiger partial charge >= 0.3 is 0 Å². The van der Waals surface area contributed by atoms with Crippen LogP contribution >= 0.6 is 0 Å². The zero-order valence-corrected chi connectivity index (χ0v) is 15.0. The predicted molar refractivity (Wildman–Crippen MR) is 77.2 cm³/mol. The third-order valence-electron chi connectivity index (χ3n) is 3.02. The number of carbonyl (C=O) groups excluding carboxylic acids is 2. The van der Waals surface area contributed by atoms with Crippen molar-refractivity contribution >= 4 is 11.7 Å². The molecule has 107 valence electrons. The summed E-state index contributed by atoms with van der Waals surface area (Å²) < 4.78 is 0. The molecule has 1 aromatic rings. The van der Waals surface area contributed by atoms with Gasteiger partial charge in [0.05, 0.1) is 0 Å². The van der Waals surface area contributed by atoms with Crippen molar-refractivity contribution in [2.75, 3.05) is 6.54 Å². The molecule has 0 aromatic heterocycles. The van der Waals surface area contributed by atoms with E-state index in [1.54, 1.807) is 24.3 Å². The fourth-order valence-corrected chi connectivity index (χ4v) is 1.82. The molecule has 0 saturated heterocycles. The molecule has 1 radical (unpaired) electrons. The Morgan fingerprint density at radius 2 is 1.55 bits per heavy atom. The Labute approximate surface area is 146 Å². The van der Waals surface area contributed by atoms with Crippen molar-refractivity contribution in [3.63, 3.8) is 0 Å². The number of hydrogen-bond donors (Lipinski definition) is 1. The number of rotatable bonds is 8. The number of hydrogen-bond acceptors (Lipinski definition) is 2. The van der Waals surface area contributed by atoms with Gasteiger partial charge in [0, 0.05) is 50.4 Å². The molecule has 0 saturated carbocycles. The summed E-state index contributed by atoms with van der Waals surface area (Å²) in [6.45, 7) is 6.01. The van der Waals surface area contributed by atoms with E-state index in [1.165, 1.54) is 13.3 Å². The van der Waals surface area contributed by atoms with Crippen LogP contribution in [0.3, 0.4) is 0 Å². The van der Waals surface area contributed by atoms with E-state index < -0.39 is 0 Å². The van der Waals surface area contributed by atoms with Gasteiger partial charge in [-0.3, -0.25) is 9.59 Å². The Morgan fingerprint density at radius 1 is 1.00 bits per heavy atom. The van der Waals surface area contributed by atoms with E-state index in [0.717, 1.165) is 25.7 Å². The second-order valence-corrected chi connectivity index (χ2v) is 4.66. The Morgan fingerprint density at radius 3 is 2.10 bits per heavy atom. The average Bonchev–Trinajstić information content (AvgIpc) is 2.42. The Bertz CT molecular complexity index is 415. The number of ketones is 1. The minimum atomic E-state index is -0.0766. The van der Waals surface area contributed by atoms with Gasteiger partial charge in [-0.2, -0.15) is 6.42 Å². The van der Waals surface area contributed by atoms with Crippen LogP contribution in [0.4, 0.5) is 0 Å². The molecule has 1 rings (SSSR count). The first-order chi connectivity index (χ1) is 9.15. The van der Waals surface area contributed by atoms with Crippen LogP contribution in [-0.2, 0) is 32.7 Å². The van der Waals surface area contributed by atoms with Gasteiger partial charge in [0.15, 0.2) is 5.78 Å². The van der Waals surface area contributed by atoms with E-state index in [9.17, 15) is 9.59 Å². The van der Waals surface area contributed by atoms with Crippen LogP contribution in [-0.4, -0.2) is 18.2 Å². The molecule has 1 amide bonds. The smallest absolute Gasteiger partial charge is 0.251 e. The first-order valence-electron chi connectivity index (χ1n) is 6.83. The molecule has 0 unspecified atom stereocenters. The minimum Gasteiger partial charge on any atom is -0.352 e. The van der Waals surface area contributed by atoms with Crippen LogP contribution in [0.15, 0.2) is 24.3 Å². The normalized spacial score (nSPS) is 9.70. The summed E-state index contributed by atoms with van der Waals surface area (Å²) in [6.07, 6.45) is 5.43. The Kier molecular flexibility index (Phi) is 10.9. The fraction of sp³-hybridized carbons (Fsp3) is 0.438. The third kappa shape index (κ3) is 7.30. The summed E-state index contributed by atoms with van der Waals surface area (Å²) in [5.41, 5.74) is 1.23. The largest absolute Gasteiger partial charge is 0.352 e. The summed E-state index contributed by atoms with van der Waals surface area (Å²) in [6, 6.07) is 6.75. The van der Waals surface area contributed by atoms with E-state index in [1.807, 2.05) is 0 Å². The molecule has 20 heavy (non-hydrogen) atoms. The number of unbranched alkanes of at least 4 members (excludes halogenated alkanes) is 4. The molecule has 1 N–H and O–H groups in total. The van der Waals surface area contributed by atoms with Gasteiger partial charge in [-0.1, -0.05) is 31.4 Å². The van der Waals surface area contributed by atoms with E-state index in [4.69, 9.17) is 0 Å². The third-order valence-corrected chi connectivity index (χ3v) is 3.02. The van der Waals surface area contributed by atoms with Crippen LogP contribution in [0.5, 0.6) is 0 Å². The Hall–Kier alpha value is -0.536. The second kappa shape index (κ2) is 11.2. The van der Waals surface area contributed by atoms with Crippen LogP contribution in [0, 0.1) is 6.92 Å². The summed E-state index contributed by atoms with van der Waals surface area (Å²) in [5, 5.41) is 2.89. The maximum atomic E-state index is 11.8. The van der Waals surface area contributed by atoms with Gasteiger partial charge in [-0.05, 0) is 25.5 Å². The number of benzene rings is 1. The first kappa shape index (κ1) is 19.5. The molecule has 0 bridgehead atoms. The predicted octanol–water partition coefficient (Wildman–Crippen LogP) is 3.40. The number of amides is 1. The van der Waals surface area contributed by atoms with Crippen molar-refractivity contribution < 1.29 is 42.3 Å². The SMILES string of the molecule is [CH2-]CCCCCCNC(=O)c1ccc(C(C)=O)cc1.[Y]. The molecule has 0 heterocycles. The van der Waals surface area contributed by atoms with E-state index in [-0.39, 0.29) is 44.4 Å². The summed E-state index contributed by atoms with van der Waals surface area (Å²) in [7, 11) is 0. The molecule has 0 spiro atoms. The minimum absolute atomic E-state index is 0. The molecule has 0 aliphatic carbocycles. The van der Waals surface area contributed by atoms with Crippen LogP contribution in [0.1, 0.15) is 59.7 Å². The maximum absolute atomic E-state index is 11.8. The molecule has 3 nitrogen and oxygen atoms in total. The van der Waals surface area contributed by atoms with Crippen molar-refractivity contribution in [1.82, 2.24) is 5.32 Å². The number of nitrogens with one attached hydrogen (secondary N) is 1. The molecule has 1 aromatic carbocycles. The first-order valence-corrected chi connectivity index (χ1v) is 6.83. The van der Waals surface area contributed by atoms with Crippen molar-refractivity contribution in [1.29, 1.82) is 0 Å². The van der Waals surface area contributed by atoms with E-state index in [2.05, 4.69) is 12.2 Å². The second-order valence-electron chi connectivity index (χ2n) is 4.66. The van der Waals surface area contributed by atoms with Crippen molar-refractivity contribution in [3.05, 3.63) is 42.3 Å². The van der Waals surface area contributed by atoms with Gasteiger partial charge in [-0.15, -0.1) is 0 Å². The summed E-state index contributed by atoms with van der Waals surface area (Å²) >= 11 is 0. The van der Waals surface area contributed by atoms with Gasteiger partial charge in [0.1, 0.15) is 0 Å². The summed E-state index contributed by atoms with van der Waals surface area (Å²) in [4.78, 5) is 22.9. The topological polar surface area (TPSA) is 46.2 Å². The quantitative estimate of drug-likeness (QED) is 0.444. The molecular weight excluding hydrogens is 327 g/mol. The molecule has 0 aliphatic heterocycles. The summed E-state index contributed by atoms with van der Waals surface area (Å²) in [5.74, 6) is -0.0652. The average molecular weight is 349 g/mol. The van der Waals surface area contributed by atoms with E-state index in [0.29, 0.717) is 17.7 Å². The van der Waals surface area contributed by atoms with Crippen LogP contribution in [0.2, 0.25) is 0 Å². The fourth-order valence-electron chi connectivity index (χ4n) is 1.82. The van der Waals surface area contributed by atoms with Crippen molar-refractivity contribution in [3.8, 4) is 0 Å². The zero-order valence-electron chi connectivity index (χ0n) is 12.2. The van der Waals surface area contributed by atoms with Gasteiger partial charge in [-0.25, -0.2) is 0 Å². The molecule has 0 fully saturated rings. The zero-order chi connectivity index (χ0) is 14.1. The van der Waals surface area contributed by atoms with Gasteiger partial charge in [0.25, 0.3) is 5.91 Å². The monoisotopic (exact) mass is 349 g/mol. The van der Waals surface area contributed by atoms with Gasteiger partial charge < -0.3 is 12.2 Å². The Balaban J connectivity index is 0.00000361.